The summed E-state index contributed by atoms with van der Waals surface area (Å²) in [6.45, 7) is 2.12. The predicted octanol–water partition coefficient (Wildman–Crippen LogP) is 1.14. The van der Waals surface area contributed by atoms with Crippen molar-refractivity contribution in [3.8, 4) is 0 Å². The molecule has 23 heavy (non-hydrogen) atoms. The third kappa shape index (κ3) is 2.59. The first kappa shape index (κ1) is 15.5. The van der Waals surface area contributed by atoms with Gasteiger partial charge in [0.15, 0.2) is 16.3 Å². The molecule has 0 saturated carbocycles. The van der Waals surface area contributed by atoms with Crippen LogP contribution in [0.1, 0.15) is 12.5 Å². The van der Waals surface area contributed by atoms with Crippen LogP contribution in [0.5, 0.6) is 0 Å². The van der Waals surface area contributed by atoms with Crippen molar-refractivity contribution >= 4 is 22.9 Å². The predicted molar refractivity (Wildman–Crippen MR) is 89.7 cm³/mol. The molecule has 0 amide bonds. The van der Waals surface area contributed by atoms with Crippen LogP contribution in [0.2, 0.25) is 0 Å². The Morgan fingerprint density at radius 2 is 2.00 bits per heavy atom. The van der Waals surface area contributed by atoms with Crippen LogP contribution in [0.3, 0.4) is 0 Å². The van der Waals surface area contributed by atoms with Gasteiger partial charge in [0.05, 0.1) is 0 Å². The quantitative estimate of drug-likeness (QED) is 0.670. The summed E-state index contributed by atoms with van der Waals surface area (Å²) < 4.78 is 4.40. The third-order valence-corrected chi connectivity index (χ3v) is 4.83. The van der Waals surface area contributed by atoms with Gasteiger partial charge < -0.3 is 4.57 Å². The molecule has 120 valence electrons. The van der Waals surface area contributed by atoms with Crippen LogP contribution in [0, 0.1) is 0 Å². The SMILES string of the molecule is CCn1c(=O)c2c(nc(SCc3cccnc3)n2C)n(C)c1=O. The molecule has 0 aliphatic heterocycles. The maximum atomic E-state index is 12.5. The zero-order chi connectivity index (χ0) is 16.6. The van der Waals surface area contributed by atoms with E-state index in [4.69, 9.17) is 0 Å². The van der Waals surface area contributed by atoms with E-state index in [0.29, 0.717) is 28.6 Å². The number of fused-ring (bicyclic) bond motifs is 1. The number of hydrogen-bond donors (Lipinski definition) is 0. The van der Waals surface area contributed by atoms with Crippen LogP contribution in [0.4, 0.5) is 0 Å². The Balaban J connectivity index is 2.08. The molecule has 0 spiro atoms. The summed E-state index contributed by atoms with van der Waals surface area (Å²) in [6.07, 6.45) is 3.53. The van der Waals surface area contributed by atoms with Gasteiger partial charge >= 0.3 is 5.69 Å². The van der Waals surface area contributed by atoms with Crippen LogP contribution >= 0.6 is 11.8 Å². The molecule has 3 rings (SSSR count). The number of imidazole rings is 1. The summed E-state index contributed by atoms with van der Waals surface area (Å²) >= 11 is 1.51. The maximum Gasteiger partial charge on any atom is 0.332 e. The second-order valence-electron chi connectivity index (χ2n) is 5.17. The molecule has 3 heterocycles. The van der Waals surface area contributed by atoms with Gasteiger partial charge in [0.1, 0.15) is 0 Å². The van der Waals surface area contributed by atoms with Crippen molar-refractivity contribution in [2.45, 2.75) is 24.4 Å². The fourth-order valence-corrected chi connectivity index (χ4v) is 3.37. The highest BCUT2D eigenvalue weighted by molar-refractivity contribution is 7.98. The highest BCUT2D eigenvalue weighted by Gasteiger charge is 2.17. The molecule has 0 radical (unpaired) electrons. The van der Waals surface area contributed by atoms with E-state index in [1.807, 2.05) is 12.1 Å². The van der Waals surface area contributed by atoms with Crippen molar-refractivity contribution in [1.82, 2.24) is 23.7 Å². The molecular weight excluding hydrogens is 314 g/mol. The molecule has 0 unspecified atom stereocenters. The summed E-state index contributed by atoms with van der Waals surface area (Å²) in [6, 6.07) is 3.87. The van der Waals surface area contributed by atoms with Crippen LogP contribution < -0.4 is 11.2 Å². The van der Waals surface area contributed by atoms with Gasteiger partial charge in [-0.05, 0) is 18.6 Å². The van der Waals surface area contributed by atoms with Crippen molar-refractivity contribution in [2.75, 3.05) is 0 Å². The lowest BCUT2D eigenvalue weighted by Crippen LogP contribution is -2.39. The number of pyridine rings is 1. The maximum absolute atomic E-state index is 12.5. The number of thioether (sulfide) groups is 1. The molecule has 3 aromatic rings. The molecule has 0 bridgehead atoms. The van der Waals surface area contributed by atoms with Crippen molar-refractivity contribution in [3.63, 3.8) is 0 Å². The fraction of sp³-hybridized carbons (Fsp3) is 0.333. The Morgan fingerprint density at radius 3 is 2.65 bits per heavy atom. The largest absolute Gasteiger partial charge is 0.332 e. The first-order chi connectivity index (χ1) is 11.0. The Kier molecular flexibility index (Phi) is 4.08. The summed E-state index contributed by atoms with van der Waals surface area (Å²) in [7, 11) is 3.44. The van der Waals surface area contributed by atoms with Gasteiger partial charge in [0, 0.05) is 38.8 Å². The molecule has 0 fully saturated rings. The summed E-state index contributed by atoms with van der Waals surface area (Å²) in [5.74, 6) is 0.695. The zero-order valence-electron chi connectivity index (χ0n) is 13.2. The van der Waals surface area contributed by atoms with E-state index in [-0.39, 0.29) is 11.2 Å². The van der Waals surface area contributed by atoms with E-state index in [1.165, 1.54) is 20.9 Å². The molecule has 7 nitrogen and oxygen atoms in total. The van der Waals surface area contributed by atoms with Gasteiger partial charge in [-0.25, -0.2) is 9.78 Å². The minimum absolute atomic E-state index is 0.297. The lowest BCUT2D eigenvalue weighted by Gasteiger charge is -2.05. The Bertz CT molecular complexity index is 971. The Labute approximate surface area is 136 Å². The van der Waals surface area contributed by atoms with Gasteiger partial charge in [-0.1, -0.05) is 17.8 Å². The molecule has 0 aromatic carbocycles. The molecule has 0 saturated heterocycles. The van der Waals surface area contributed by atoms with E-state index in [9.17, 15) is 9.59 Å². The molecule has 0 aliphatic rings. The first-order valence-electron chi connectivity index (χ1n) is 7.22. The lowest BCUT2D eigenvalue weighted by atomic mass is 10.3. The van der Waals surface area contributed by atoms with Crippen LogP contribution in [0.15, 0.2) is 39.3 Å². The number of rotatable bonds is 4. The fourth-order valence-electron chi connectivity index (χ4n) is 2.46. The lowest BCUT2D eigenvalue weighted by molar-refractivity contribution is 0.635. The summed E-state index contributed by atoms with van der Waals surface area (Å²) in [5.41, 5.74) is 1.30. The van der Waals surface area contributed by atoms with Gasteiger partial charge in [-0.2, -0.15) is 0 Å². The van der Waals surface area contributed by atoms with Crippen LogP contribution in [0.25, 0.3) is 11.2 Å². The molecule has 0 N–H and O–H groups in total. The van der Waals surface area contributed by atoms with E-state index >= 15 is 0 Å². The van der Waals surface area contributed by atoms with Crippen LogP contribution in [-0.2, 0) is 26.4 Å². The standard InChI is InChI=1S/C15H17N5O2S/c1-4-20-13(21)11-12(19(3)15(20)22)17-14(18(11)2)23-9-10-6-5-7-16-8-10/h5-8H,4,9H2,1-3H3. The molecular formula is C15H17N5O2S. The first-order valence-corrected chi connectivity index (χ1v) is 8.21. The highest BCUT2D eigenvalue weighted by atomic mass is 32.2. The topological polar surface area (TPSA) is 74.7 Å². The van der Waals surface area contributed by atoms with Gasteiger partial charge in [-0.15, -0.1) is 0 Å². The normalized spacial score (nSPS) is 11.3. The van der Waals surface area contributed by atoms with Gasteiger partial charge in [0.25, 0.3) is 5.56 Å². The molecule has 0 aliphatic carbocycles. The summed E-state index contributed by atoms with van der Waals surface area (Å²) in [5, 5.41) is 0.699. The minimum Gasteiger partial charge on any atom is -0.316 e. The van der Waals surface area contributed by atoms with Gasteiger partial charge in [-0.3, -0.25) is 18.9 Å². The van der Waals surface area contributed by atoms with E-state index in [2.05, 4.69) is 9.97 Å². The molecule has 8 heteroatoms. The van der Waals surface area contributed by atoms with Crippen molar-refractivity contribution < 1.29 is 0 Å². The highest BCUT2D eigenvalue weighted by Crippen LogP contribution is 2.23. The number of aryl methyl sites for hydroxylation is 2. The zero-order valence-corrected chi connectivity index (χ0v) is 14.0. The molecule has 3 aromatic heterocycles. The second kappa shape index (κ2) is 6.04. The summed E-state index contributed by atoms with van der Waals surface area (Å²) in [4.78, 5) is 33.3. The monoisotopic (exact) mass is 331 g/mol. The molecule has 0 atom stereocenters. The second-order valence-corrected chi connectivity index (χ2v) is 6.11. The average Bonchev–Trinajstić information content (AvgIpc) is 2.89. The Morgan fingerprint density at radius 1 is 1.22 bits per heavy atom. The van der Waals surface area contributed by atoms with Crippen molar-refractivity contribution in [2.24, 2.45) is 14.1 Å². The van der Waals surface area contributed by atoms with E-state index in [0.717, 1.165) is 5.56 Å². The van der Waals surface area contributed by atoms with E-state index in [1.54, 1.807) is 38.0 Å². The number of hydrogen-bond acceptors (Lipinski definition) is 5. The van der Waals surface area contributed by atoms with Gasteiger partial charge in [0.2, 0.25) is 0 Å². The van der Waals surface area contributed by atoms with E-state index < -0.39 is 0 Å². The third-order valence-electron chi connectivity index (χ3n) is 3.73. The van der Waals surface area contributed by atoms with Crippen LogP contribution in [-0.4, -0.2) is 23.7 Å². The minimum atomic E-state index is -0.341. The average molecular weight is 331 g/mol. The smallest absolute Gasteiger partial charge is 0.316 e. The number of nitrogens with zero attached hydrogens (tertiary/aromatic N) is 5. The Hall–Kier alpha value is -2.35. The van der Waals surface area contributed by atoms with Crippen molar-refractivity contribution in [3.05, 3.63) is 50.9 Å². The van der Waals surface area contributed by atoms with Crippen molar-refractivity contribution in [1.29, 1.82) is 0 Å². The number of aromatic nitrogens is 5.